The molecule has 1 atom stereocenters. The third-order valence-corrected chi connectivity index (χ3v) is 6.48. The van der Waals surface area contributed by atoms with Crippen LogP contribution in [0.1, 0.15) is 41.3 Å². The van der Waals surface area contributed by atoms with Gasteiger partial charge in [-0.25, -0.2) is 4.98 Å². The number of benzene rings is 3. The number of carboxylic acid groups (broad SMARTS) is 1. The third kappa shape index (κ3) is 4.74. The molecule has 0 unspecified atom stereocenters. The molecule has 1 aliphatic rings. The fourth-order valence-corrected chi connectivity index (χ4v) is 4.68. The highest BCUT2D eigenvalue weighted by Gasteiger charge is 2.25. The first-order valence-electron chi connectivity index (χ1n) is 11.7. The fourth-order valence-electron chi connectivity index (χ4n) is 4.68. The molecule has 172 valence electrons. The number of hydrogen-bond donors (Lipinski definition) is 1. The van der Waals surface area contributed by atoms with Crippen LogP contribution in [0.5, 0.6) is 5.75 Å². The van der Waals surface area contributed by atoms with Crippen molar-refractivity contribution in [2.24, 2.45) is 0 Å². The number of rotatable bonds is 8. The van der Waals surface area contributed by atoms with Crippen molar-refractivity contribution in [1.82, 2.24) is 4.98 Å². The van der Waals surface area contributed by atoms with E-state index in [1.54, 1.807) is 0 Å². The van der Waals surface area contributed by atoms with Gasteiger partial charge >= 0.3 is 5.97 Å². The van der Waals surface area contributed by atoms with Crippen molar-refractivity contribution in [1.29, 1.82) is 0 Å². The third-order valence-electron chi connectivity index (χ3n) is 6.48. The highest BCUT2D eigenvalue weighted by molar-refractivity contribution is 5.69. The van der Waals surface area contributed by atoms with Crippen LogP contribution in [-0.4, -0.2) is 22.7 Å². The van der Waals surface area contributed by atoms with Crippen molar-refractivity contribution in [3.8, 4) is 28.3 Å². The Kier molecular flexibility index (Phi) is 6.17. The highest BCUT2D eigenvalue weighted by Crippen LogP contribution is 2.37. The molecular formula is C29H27NO4. The van der Waals surface area contributed by atoms with Gasteiger partial charge in [0, 0.05) is 12.0 Å². The van der Waals surface area contributed by atoms with E-state index in [9.17, 15) is 4.79 Å². The van der Waals surface area contributed by atoms with Crippen molar-refractivity contribution in [3.05, 3.63) is 95.4 Å². The molecule has 1 N–H and O–H groups in total. The average Bonchev–Trinajstić information content (AvgIpc) is 3.42. The standard InChI is InChI=1S/C29H27NO4/c1-19-27(15-16-33-25-13-14-26-23(17-25)11-12-24(26)18-28(31)32)30-29(34-19)22-9-7-21(8-10-22)20-5-3-2-4-6-20/h2-10,13-14,17,24H,11-12,15-16,18H2,1H3,(H,31,32)/t24-/m0/s1. The first-order valence-corrected chi connectivity index (χ1v) is 11.7. The number of hydrogen-bond acceptors (Lipinski definition) is 4. The predicted molar refractivity (Wildman–Crippen MR) is 131 cm³/mol. The lowest BCUT2D eigenvalue weighted by molar-refractivity contribution is -0.137. The van der Waals surface area contributed by atoms with E-state index in [1.807, 2.05) is 55.5 Å². The van der Waals surface area contributed by atoms with Gasteiger partial charge in [-0.15, -0.1) is 0 Å². The minimum Gasteiger partial charge on any atom is -0.493 e. The SMILES string of the molecule is Cc1oc(-c2ccc(-c3ccccc3)cc2)nc1CCOc1ccc2c(c1)CC[C@H]2CC(=O)O. The fraction of sp³-hybridized carbons (Fsp3) is 0.241. The normalized spacial score (nSPS) is 14.7. The molecule has 0 spiro atoms. The van der Waals surface area contributed by atoms with Gasteiger partial charge in [0.25, 0.3) is 0 Å². The summed E-state index contributed by atoms with van der Waals surface area (Å²) in [6.07, 6.45) is 2.63. The zero-order valence-electron chi connectivity index (χ0n) is 19.2. The number of carbonyl (C=O) groups is 1. The minimum atomic E-state index is -0.743. The zero-order valence-corrected chi connectivity index (χ0v) is 19.2. The van der Waals surface area contributed by atoms with Crippen LogP contribution in [0, 0.1) is 6.92 Å². The van der Waals surface area contributed by atoms with E-state index in [-0.39, 0.29) is 12.3 Å². The van der Waals surface area contributed by atoms with Crippen molar-refractivity contribution < 1.29 is 19.1 Å². The van der Waals surface area contributed by atoms with Crippen molar-refractivity contribution in [2.45, 2.75) is 38.5 Å². The molecule has 0 aliphatic heterocycles. The molecule has 4 aromatic rings. The van der Waals surface area contributed by atoms with E-state index >= 15 is 0 Å². The predicted octanol–water partition coefficient (Wildman–Crippen LogP) is 6.44. The van der Waals surface area contributed by atoms with E-state index < -0.39 is 5.97 Å². The Labute approximate surface area is 199 Å². The van der Waals surface area contributed by atoms with Crippen LogP contribution >= 0.6 is 0 Å². The van der Waals surface area contributed by atoms with Gasteiger partial charge in [0.05, 0.1) is 18.7 Å². The van der Waals surface area contributed by atoms with Crippen LogP contribution in [0.25, 0.3) is 22.6 Å². The molecule has 0 saturated heterocycles. The molecule has 1 aliphatic carbocycles. The quantitative estimate of drug-likeness (QED) is 0.332. The lowest BCUT2D eigenvalue weighted by Crippen LogP contribution is -2.04. The van der Waals surface area contributed by atoms with Crippen LogP contribution in [-0.2, 0) is 17.6 Å². The summed E-state index contributed by atoms with van der Waals surface area (Å²) in [7, 11) is 0. The molecular weight excluding hydrogens is 426 g/mol. The second-order valence-electron chi connectivity index (χ2n) is 8.76. The van der Waals surface area contributed by atoms with Crippen molar-refractivity contribution in [2.75, 3.05) is 6.61 Å². The van der Waals surface area contributed by atoms with Crippen LogP contribution in [0.3, 0.4) is 0 Å². The lowest BCUT2D eigenvalue weighted by atomic mass is 9.98. The summed E-state index contributed by atoms with van der Waals surface area (Å²) >= 11 is 0. The molecule has 0 saturated carbocycles. The Hall–Kier alpha value is -3.86. The van der Waals surface area contributed by atoms with Gasteiger partial charge in [-0.1, -0.05) is 48.5 Å². The van der Waals surface area contributed by atoms with E-state index in [4.69, 9.17) is 19.2 Å². The smallest absolute Gasteiger partial charge is 0.303 e. The number of fused-ring (bicyclic) bond motifs is 1. The molecule has 1 aromatic heterocycles. The van der Waals surface area contributed by atoms with Crippen LogP contribution in [0.15, 0.2) is 77.2 Å². The van der Waals surface area contributed by atoms with Gasteiger partial charge in [-0.05, 0) is 72.2 Å². The van der Waals surface area contributed by atoms with Crippen molar-refractivity contribution in [3.63, 3.8) is 0 Å². The molecule has 5 nitrogen and oxygen atoms in total. The Morgan fingerprint density at radius 2 is 1.76 bits per heavy atom. The van der Waals surface area contributed by atoms with Gasteiger partial charge in [0.2, 0.25) is 5.89 Å². The summed E-state index contributed by atoms with van der Waals surface area (Å²) in [5, 5.41) is 9.10. The van der Waals surface area contributed by atoms with E-state index in [1.165, 1.54) is 11.1 Å². The maximum atomic E-state index is 11.1. The number of aliphatic carboxylic acids is 1. The Bertz CT molecular complexity index is 1290. The lowest BCUT2D eigenvalue weighted by Gasteiger charge is -2.10. The largest absolute Gasteiger partial charge is 0.493 e. The van der Waals surface area contributed by atoms with Gasteiger partial charge in [0.1, 0.15) is 11.5 Å². The highest BCUT2D eigenvalue weighted by atomic mass is 16.5. The Balaban J connectivity index is 1.21. The van der Waals surface area contributed by atoms with E-state index in [0.717, 1.165) is 46.7 Å². The first kappa shape index (κ1) is 22.0. The van der Waals surface area contributed by atoms with Gasteiger partial charge < -0.3 is 14.3 Å². The first-order chi connectivity index (χ1) is 16.6. The molecule has 5 heteroatoms. The van der Waals surface area contributed by atoms with Gasteiger partial charge in [0.15, 0.2) is 0 Å². The Morgan fingerprint density at radius 3 is 2.53 bits per heavy atom. The Morgan fingerprint density at radius 1 is 1.03 bits per heavy atom. The number of nitrogens with zero attached hydrogens (tertiary/aromatic N) is 1. The molecule has 0 bridgehead atoms. The number of aryl methyl sites for hydroxylation is 2. The zero-order chi connectivity index (χ0) is 23.5. The van der Waals surface area contributed by atoms with Crippen LogP contribution < -0.4 is 4.74 Å². The average molecular weight is 454 g/mol. The van der Waals surface area contributed by atoms with Gasteiger partial charge in [-0.2, -0.15) is 0 Å². The molecule has 34 heavy (non-hydrogen) atoms. The topological polar surface area (TPSA) is 72.6 Å². The molecule has 0 fully saturated rings. The van der Waals surface area contributed by atoms with Crippen LogP contribution in [0.2, 0.25) is 0 Å². The van der Waals surface area contributed by atoms with E-state index in [0.29, 0.717) is 18.9 Å². The molecule has 3 aromatic carbocycles. The summed E-state index contributed by atoms with van der Waals surface area (Å²) < 4.78 is 11.9. The summed E-state index contributed by atoms with van der Waals surface area (Å²) in [6.45, 7) is 2.43. The molecule has 5 rings (SSSR count). The summed E-state index contributed by atoms with van der Waals surface area (Å²) in [6, 6.07) is 24.5. The summed E-state index contributed by atoms with van der Waals surface area (Å²) in [5.41, 5.74) is 6.52. The second-order valence-corrected chi connectivity index (χ2v) is 8.76. The maximum Gasteiger partial charge on any atom is 0.303 e. The molecule has 0 amide bonds. The van der Waals surface area contributed by atoms with E-state index in [2.05, 4.69) is 24.3 Å². The van der Waals surface area contributed by atoms with Gasteiger partial charge in [-0.3, -0.25) is 4.79 Å². The van der Waals surface area contributed by atoms with Crippen LogP contribution in [0.4, 0.5) is 0 Å². The second kappa shape index (κ2) is 9.56. The monoisotopic (exact) mass is 453 g/mol. The number of ether oxygens (including phenoxy) is 1. The number of aromatic nitrogens is 1. The number of oxazole rings is 1. The maximum absolute atomic E-state index is 11.1. The summed E-state index contributed by atoms with van der Waals surface area (Å²) in [5.74, 6) is 1.60. The minimum absolute atomic E-state index is 0.111. The molecule has 1 heterocycles. The summed E-state index contributed by atoms with van der Waals surface area (Å²) in [4.78, 5) is 15.8. The number of carboxylic acids is 1. The molecule has 0 radical (unpaired) electrons. The van der Waals surface area contributed by atoms with Crippen molar-refractivity contribution >= 4 is 5.97 Å².